The van der Waals surface area contributed by atoms with E-state index in [2.05, 4.69) is 38.8 Å². The summed E-state index contributed by atoms with van der Waals surface area (Å²) < 4.78 is 27.7. The number of halogens is 1. The normalized spacial score (nSPS) is 22.8. The highest BCUT2D eigenvalue weighted by Gasteiger charge is 2.41. The van der Waals surface area contributed by atoms with Crippen molar-refractivity contribution in [3.05, 3.63) is 41.0 Å². The summed E-state index contributed by atoms with van der Waals surface area (Å²) in [6.45, 7) is 4.86. The molecule has 0 aromatic carbocycles. The fraction of sp³-hybridized carbons (Fsp3) is 0.450. The van der Waals surface area contributed by atoms with Crippen LogP contribution in [0, 0.1) is 0 Å². The van der Waals surface area contributed by atoms with Crippen LogP contribution in [0.4, 0.5) is 11.6 Å². The molecule has 30 heavy (non-hydrogen) atoms. The first kappa shape index (κ1) is 20.9. The lowest BCUT2D eigenvalue weighted by Crippen LogP contribution is -2.45. The van der Waals surface area contributed by atoms with Gasteiger partial charge in [-0.15, -0.1) is 0 Å². The fourth-order valence-electron chi connectivity index (χ4n) is 4.23. The van der Waals surface area contributed by atoms with Crippen molar-refractivity contribution >= 4 is 39.2 Å². The minimum Gasteiger partial charge on any atom is -0.370 e. The molecule has 2 aliphatic rings. The van der Waals surface area contributed by atoms with Crippen LogP contribution in [-0.2, 0) is 10.0 Å². The quantitative estimate of drug-likeness (QED) is 0.595. The van der Waals surface area contributed by atoms with E-state index < -0.39 is 15.9 Å². The van der Waals surface area contributed by atoms with E-state index in [0.717, 1.165) is 25.7 Å². The molecule has 0 radical (unpaired) electrons. The number of aromatic nitrogens is 2. The average Bonchev–Trinajstić information content (AvgIpc) is 2.98. The van der Waals surface area contributed by atoms with Crippen LogP contribution in [-0.4, -0.2) is 42.4 Å². The van der Waals surface area contributed by atoms with E-state index in [-0.39, 0.29) is 27.3 Å². The molecule has 4 rings (SSSR count). The second kappa shape index (κ2) is 7.70. The Morgan fingerprint density at radius 2 is 1.97 bits per heavy atom. The number of hydrogen-bond acceptors (Lipinski definition) is 7. The maximum atomic E-state index is 13.1. The molecule has 2 bridgehead atoms. The molecule has 1 saturated heterocycles. The Bertz CT molecular complexity index is 1090. The fourth-order valence-corrected chi connectivity index (χ4v) is 5.31. The van der Waals surface area contributed by atoms with Gasteiger partial charge in [-0.1, -0.05) is 17.7 Å². The number of sulfonamides is 1. The van der Waals surface area contributed by atoms with Gasteiger partial charge in [0.15, 0.2) is 5.03 Å². The Kier molecular flexibility index (Phi) is 5.36. The second-order valence-corrected chi connectivity index (χ2v) is 10.3. The zero-order valence-electron chi connectivity index (χ0n) is 16.9. The van der Waals surface area contributed by atoms with E-state index in [0.29, 0.717) is 18.2 Å². The minimum absolute atomic E-state index is 0.165. The Hall–Kier alpha value is -2.39. The molecular weight excluding hydrogens is 426 g/mol. The lowest BCUT2D eigenvalue weighted by atomic mass is 10.0. The highest BCUT2D eigenvalue weighted by atomic mass is 35.5. The van der Waals surface area contributed by atoms with Gasteiger partial charge in [0.25, 0.3) is 15.9 Å². The number of hydrogen-bond donors (Lipinski definition) is 2. The maximum absolute atomic E-state index is 13.1. The van der Waals surface area contributed by atoms with Crippen molar-refractivity contribution in [2.45, 2.75) is 56.1 Å². The van der Waals surface area contributed by atoms with Gasteiger partial charge in [-0.2, -0.15) is 8.42 Å². The van der Waals surface area contributed by atoms with Crippen molar-refractivity contribution < 1.29 is 13.2 Å². The smallest absolute Gasteiger partial charge is 0.281 e. The second-order valence-electron chi connectivity index (χ2n) is 8.24. The van der Waals surface area contributed by atoms with Crippen molar-refractivity contribution in [2.24, 2.45) is 0 Å². The summed E-state index contributed by atoms with van der Waals surface area (Å²) in [5.41, 5.74) is -0.0682. The number of rotatable bonds is 0. The van der Waals surface area contributed by atoms with E-state index in [1.165, 1.54) is 18.2 Å². The molecule has 0 saturated carbocycles. The molecule has 2 aliphatic heterocycles. The van der Waals surface area contributed by atoms with Gasteiger partial charge in [0.1, 0.15) is 16.8 Å². The molecule has 1 unspecified atom stereocenters. The van der Waals surface area contributed by atoms with Crippen LogP contribution < -0.4 is 14.9 Å². The summed E-state index contributed by atoms with van der Waals surface area (Å²) >= 11 is 6.17. The monoisotopic (exact) mass is 449 g/mol. The van der Waals surface area contributed by atoms with Gasteiger partial charge in [0, 0.05) is 18.1 Å². The summed E-state index contributed by atoms with van der Waals surface area (Å²) in [6, 6.07) is 7.84. The Morgan fingerprint density at radius 3 is 2.77 bits per heavy atom. The van der Waals surface area contributed by atoms with Crippen LogP contribution in [0.3, 0.4) is 0 Å². The molecule has 160 valence electrons. The molecule has 0 aliphatic carbocycles. The number of nitrogens with zero attached hydrogens (tertiary/aromatic N) is 3. The first-order valence-electron chi connectivity index (χ1n) is 9.91. The van der Waals surface area contributed by atoms with E-state index >= 15 is 0 Å². The lowest BCUT2D eigenvalue weighted by molar-refractivity contribution is 0.0981. The maximum Gasteiger partial charge on any atom is 0.281 e. The van der Waals surface area contributed by atoms with Crippen molar-refractivity contribution in [2.75, 3.05) is 16.8 Å². The van der Waals surface area contributed by atoms with Gasteiger partial charge in [0.05, 0.1) is 5.56 Å². The topological polar surface area (TPSA) is 104 Å². The number of nitrogens with one attached hydrogen (secondary N) is 2. The lowest BCUT2D eigenvalue weighted by Gasteiger charge is -2.38. The van der Waals surface area contributed by atoms with E-state index in [1.54, 1.807) is 12.1 Å². The summed E-state index contributed by atoms with van der Waals surface area (Å²) in [6.07, 6.45) is 3.64. The molecule has 1 fully saturated rings. The van der Waals surface area contributed by atoms with Gasteiger partial charge < -0.3 is 10.2 Å². The number of carbonyl (C=O) groups is 1. The summed E-state index contributed by atoms with van der Waals surface area (Å²) in [7, 11) is -4.15. The molecule has 4 heterocycles. The predicted molar refractivity (Wildman–Crippen MR) is 115 cm³/mol. The molecule has 0 spiro atoms. The number of anilines is 2. The number of amides is 1. The third kappa shape index (κ3) is 3.96. The number of fused-ring (bicyclic) bond motifs is 5. The molecular formula is C20H24ClN5O3S. The number of pyridine rings is 2. The van der Waals surface area contributed by atoms with Crippen molar-refractivity contribution in [1.82, 2.24) is 14.7 Å². The van der Waals surface area contributed by atoms with Crippen LogP contribution in [0.25, 0.3) is 0 Å². The molecule has 1 atom stereocenters. The first-order chi connectivity index (χ1) is 14.2. The van der Waals surface area contributed by atoms with Gasteiger partial charge in [0.2, 0.25) is 0 Å². The van der Waals surface area contributed by atoms with E-state index in [4.69, 9.17) is 11.6 Å². The van der Waals surface area contributed by atoms with Crippen molar-refractivity contribution in [3.63, 3.8) is 0 Å². The molecule has 2 aromatic heterocycles. The Labute approximate surface area is 181 Å². The molecule has 2 aromatic rings. The van der Waals surface area contributed by atoms with E-state index in [1.807, 2.05) is 0 Å². The van der Waals surface area contributed by atoms with Crippen LogP contribution in [0.5, 0.6) is 0 Å². The average molecular weight is 450 g/mol. The highest BCUT2D eigenvalue weighted by molar-refractivity contribution is 7.90. The van der Waals surface area contributed by atoms with Crippen LogP contribution in [0.1, 0.15) is 49.9 Å². The zero-order valence-corrected chi connectivity index (χ0v) is 18.4. The van der Waals surface area contributed by atoms with Crippen LogP contribution in [0.2, 0.25) is 5.15 Å². The largest absolute Gasteiger partial charge is 0.370 e. The zero-order chi connectivity index (χ0) is 21.5. The molecule has 1 amide bonds. The summed E-state index contributed by atoms with van der Waals surface area (Å²) in [4.78, 5) is 23.8. The van der Waals surface area contributed by atoms with Gasteiger partial charge >= 0.3 is 0 Å². The minimum atomic E-state index is -4.15. The first-order valence-corrected chi connectivity index (χ1v) is 11.8. The predicted octanol–water partition coefficient (Wildman–Crippen LogP) is 3.20. The Morgan fingerprint density at radius 1 is 1.17 bits per heavy atom. The van der Waals surface area contributed by atoms with Gasteiger partial charge in [-0.25, -0.2) is 14.7 Å². The molecule has 8 nitrogen and oxygen atoms in total. The third-order valence-corrected chi connectivity index (χ3v) is 7.11. The van der Waals surface area contributed by atoms with Crippen molar-refractivity contribution in [1.29, 1.82) is 0 Å². The molecule has 10 heteroatoms. The summed E-state index contributed by atoms with van der Waals surface area (Å²) in [5, 5.41) is 3.20. The van der Waals surface area contributed by atoms with E-state index in [9.17, 15) is 13.2 Å². The Balaban J connectivity index is 1.83. The van der Waals surface area contributed by atoms with Gasteiger partial charge in [-0.3, -0.25) is 4.79 Å². The van der Waals surface area contributed by atoms with Gasteiger partial charge in [-0.05, 0) is 63.8 Å². The van der Waals surface area contributed by atoms with Crippen molar-refractivity contribution in [3.8, 4) is 0 Å². The van der Waals surface area contributed by atoms with Crippen LogP contribution >= 0.6 is 11.6 Å². The standard InChI is InChI=1S/C20H24ClN5O3S/c1-20(2)11-10-13-5-4-12-22-16-6-3-7-17(24-16)30(28,29)25-19(27)14-8-9-15(21)23-18(14)26(13)20/h3,6-9,13H,4-5,10-12H2,1-2H3,(H,22,24)(H,25,27). The molecule has 2 N–H and O–H groups in total. The summed E-state index contributed by atoms with van der Waals surface area (Å²) in [5.74, 6) is 0.113. The third-order valence-electron chi connectivity index (χ3n) is 5.67. The van der Waals surface area contributed by atoms with Crippen LogP contribution in [0.15, 0.2) is 35.4 Å². The SMILES string of the molecule is CC1(C)CCC2CCCNc3cccc(n3)S(=O)(=O)NC(=O)c3ccc(Cl)nc3N21. The highest BCUT2D eigenvalue weighted by Crippen LogP contribution is 2.40. The number of carbonyl (C=O) groups excluding carboxylic acids is 1.